The number of rotatable bonds is 1. The summed E-state index contributed by atoms with van der Waals surface area (Å²) in [6.07, 6.45) is 10.2. The smallest absolute Gasteiger partial charge is 0.155 e. The van der Waals surface area contributed by atoms with E-state index in [4.69, 9.17) is 0 Å². The fourth-order valence-electron chi connectivity index (χ4n) is 9.10. The predicted octanol–water partition coefficient (Wildman–Crippen LogP) is 4.76. The van der Waals surface area contributed by atoms with Gasteiger partial charge in [-0.1, -0.05) is 19.4 Å². The molecule has 0 saturated heterocycles. The van der Waals surface area contributed by atoms with Gasteiger partial charge in [-0.15, -0.1) is 0 Å². The quantitative estimate of drug-likeness (QED) is 0.693. The van der Waals surface area contributed by atoms with Gasteiger partial charge in [-0.2, -0.15) is 5.26 Å². The number of hydrogen-bond acceptors (Lipinski definition) is 2. The molecular formula is C23H29NO. The number of hydrogen-bond donors (Lipinski definition) is 0. The SMILES string of the molecule is CC[C@]1(C#N)[C@H]2C[C@H]2[C@H]2[C@@H]3[C@@H]4C[C@@H]4C4=CC(=O)CC[C@@H]4[C@H]3CC[C@@]21C. The first kappa shape index (κ1) is 15.0. The van der Waals surface area contributed by atoms with Crippen LogP contribution in [0.1, 0.15) is 58.8 Å². The minimum atomic E-state index is -0.0453. The Labute approximate surface area is 151 Å². The summed E-state index contributed by atoms with van der Waals surface area (Å²) in [5.74, 6) is 6.66. The third-order valence-electron chi connectivity index (χ3n) is 10.1. The van der Waals surface area contributed by atoms with Gasteiger partial charge in [0.1, 0.15) is 0 Å². The lowest BCUT2D eigenvalue weighted by Crippen LogP contribution is -2.52. The summed E-state index contributed by atoms with van der Waals surface area (Å²) in [6.45, 7) is 4.77. The van der Waals surface area contributed by atoms with Crippen molar-refractivity contribution in [3.63, 3.8) is 0 Å². The van der Waals surface area contributed by atoms with Crippen molar-refractivity contribution < 1.29 is 4.79 Å². The average molecular weight is 335 g/mol. The molecule has 6 rings (SSSR count). The van der Waals surface area contributed by atoms with Gasteiger partial charge in [-0.3, -0.25) is 4.79 Å². The molecule has 6 aliphatic carbocycles. The molecule has 25 heavy (non-hydrogen) atoms. The summed E-state index contributed by atoms with van der Waals surface area (Å²) in [6, 6.07) is 2.89. The first-order valence-electron chi connectivity index (χ1n) is 10.7. The van der Waals surface area contributed by atoms with E-state index in [1.165, 1.54) is 25.7 Å². The third-order valence-corrected chi connectivity index (χ3v) is 10.1. The molecule has 0 aromatic carbocycles. The van der Waals surface area contributed by atoms with E-state index in [1.807, 2.05) is 0 Å². The second-order valence-corrected chi connectivity index (χ2v) is 10.4. The summed E-state index contributed by atoms with van der Waals surface area (Å²) in [4.78, 5) is 12.0. The van der Waals surface area contributed by atoms with Crippen molar-refractivity contribution in [1.82, 2.24) is 0 Å². The van der Waals surface area contributed by atoms with Crippen LogP contribution in [-0.4, -0.2) is 5.78 Å². The number of ketones is 1. The van der Waals surface area contributed by atoms with Crippen molar-refractivity contribution >= 4 is 5.78 Å². The molecule has 0 aromatic heterocycles. The van der Waals surface area contributed by atoms with E-state index < -0.39 is 0 Å². The van der Waals surface area contributed by atoms with Crippen molar-refractivity contribution in [3.8, 4) is 6.07 Å². The predicted molar refractivity (Wildman–Crippen MR) is 95.2 cm³/mol. The van der Waals surface area contributed by atoms with Gasteiger partial charge in [0.2, 0.25) is 0 Å². The van der Waals surface area contributed by atoms with Gasteiger partial charge in [-0.25, -0.2) is 0 Å². The number of carbonyl (C=O) groups excluding carboxylic acids is 1. The number of fused-ring (bicyclic) bond motifs is 10. The first-order chi connectivity index (χ1) is 12.1. The topological polar surface area (TPSA) is 40.9 Å². The van der Waals surface area contributed by atoms with E-state index in [9.17, 15) is 10.1 Å². The Hall–Kier alpha value is -1.10. The van der Waals surface area contributed by atoms with Crippen LogP contribution in [-0.2, 0) is 4.79 Å². The van der Waals surface area contributed by atoms with Crippen molar-refractivity contribution in [2.75, 3.05) is 0 Å². The second-order valence-electron chi connectivity index (χ2n) is 10.4. The van der Waals surface area contributed by atoms with Crippen LogP contribution in [0.5, 0.6) is 0 Å². The lowest BCUT2D eigenvalue weighted by molar-refractivity contribution is -0.116. The Kier molecular flexibility index (Phi) is 2.65. The van der Waals surface area contributed by atoms with Crippen molar-refractivity contribution in [3.05, 3.63) is 11.6 Å². The van der Waals surface area contributed by atoms with Crippen molar-refractivity contribution in [2.45, 2.75) is 58.8 Å². The van der Waals surface area contributed by atoms with Crippen LogP contribution in [0.15, 0.2) is 11.6 Å². The minimum Gasteiger partial charge on any atom is -0.295 e. The molecule has 132 valence electrons. The van der Waals surface area contributed by atoms with Gasteiger partial charge in [0, 0.05) is 6.42 Å². The van der Waals surface area contributed by atoms with Crippen molar-refractivity contribution in [1.29, 1.82) is 5.26 Å². The molecule has 0 amide bonds. The molecule has 5 fully saturated rings. The Morgan fingerprint density at radius 3 is 2.80 bits per heavy atom. The Morgan fingerprint density at radius 2 is 2.04 bits per heavy atom. The molecular weight excluding hydrogens is 306 g/mol. The number of nitrogens with zero attached hydrogens (tertiary/aromatic N) is 1. The van der Waals surface area contributed by atoms with Crippen LogP contribution in [0.2, 0.25) is 0 Å². The van der Waals surface area contributed by atoms with Crippen LogP contribution >= 0.6 is 0 Å². The molecule has 0 aromatic rings. The fraction of sp³-hybridized carbons (Fsp3) is 0.826. The largest absolute Gasteiger partial charge is 0.295 e. The van der Waals surface area contributed by atoms with E-state index in [0.29, 0.717) is 17.6 Å². The lowest BCUT2D eigenvalue weighted by atomic mass is 9.46. The summed E-state index contributed by atoms with van der Waals surface area (Å²) < 4.78 is 0. The minimum absolute atomic E-state index is 0.0453. The van der Waals surface area contributed by atoms with Crippen LogP contribution in [0, 0.1) is 69.5 Å². The Bertz CT molecular complexity index is 746. The van der Waals surface area contributed by atoms with E-state index in [-0.39, 0.29) is 10.8 Å². The van der Waals surface area contributed by atoms with Gasteiger partial charge >= 0.3 is 0 Å². The zero-order valence-corrected chi connectivity index (χ0v) is 15.5. The molecule has 2 nitrogen and oxygen atoms in total. The standard InChI is InChI=1S/C23H29NO/c1-3-23(11-24)19-10-18(19)21-20-14(6-7-22(21,23)2)13-5-4-12(25)8-15(13)16-9-17(16)20/h8,13-14,16-21H,3-7,9-10H2,1-2H3/t13-,14-,16-,17-,18-,19+,20+,21+,22+,23+/m1/s1. The number of carbonyl (C=O) groups is 1. The molecule has 5 saturated carbocycles. The van der Waals surface area contributed by atoms with Crippen LogP contribution in [0.25, 0.3) is 0 Å². The molecule has 0 unspecified atom stereocenters. The molecule has 10 atom stereocenters. The van der Waals surface area contributed by atoms with E-state index in [1.54, 1.807) is 5.57 Å². The van der Waals surface area contributed by atoms with Gasteiger partial charge in [0.25, 0.3) is 0 Å². The van der Waals surface area contributed by atoms with Crippen LogP contribution in [0.4, 0.5) is 0 Å². The van der Waals surface area contributed by atoms with Gasteiger partial charge in [0.05, 0.1) is 11.5 Å². The maximum Gasteiger partial charge on any atom is 0.155 e. The molecule has 0 aliphatic heterocycles. The summed E-state index contributed by atoms with van der Waals surface area (Å²) >= 11 is 0. The van der Waals surface area contributed by atoms with E-state index >= 15 is 0 Å². The highest BCUT2D eigenvalue weighted by molar-refractivity contribution is 5.91. The fourth-order valence-corrected chi connectivity index (χ4v) is 9.10. The molecule has 6 aliphatic rings. The average Bonchev–Trinajstić information content (AvgIpc) is 3.50. The molecule has 0 radical (unpaired) electrons. The third kappa shape index (κ3) is 1.53. The highest BCUT2D eigenvalue weighted by atomic mass is 16.1. The molecule has 2 heteroatoms. The molecule has 0 spiro atoms. The molecule has 0 bridgehead atoms. The Morgan fingerprint density at radius 1 is 1.20 bits per heavy atom. The van der Waals surface area contributed by atoms with Gasteiger partial charge in [-0.05, 0) is 97.4 Å². The van der Waals surface area contributed by atoms with Crippen LogP contribution < -0.4 is 0 Å². The highest BCUT2D eigenvalue weighted by Gasteiger charge is 2.77. The van der Waals surface area contributed by atoms with Crippen LogP contribution in [0.3, 0.4) is 0 Å². The van der Waals surface area contributed by atoms with Gasteiger partial charge in [0.15, 0.2) is 5.78 Å². The summed E-state index contributed by atoms with van der Waals surface area (Å²) in [7, 11) is 0. The normalized spacial score (nSPS) is 60.2. The lowest BCUT2D eigenvalue weighted by Gasteiger charge is -2.57. The van der Waals surface area contributed by atoms with Crippen molar-refractivity contribution in [2.24, 2.45) is 58.2 Å². The summed E-state index contributed by atoms with van der Waals surface area (Å²) in [5, 5.41) is 10.2. The zero-order valence-electron chi connectivity index (χ0n) is 15.5. The maximum atomic E-state index is 12.0. The monoisotopic (exact) mass is 335 g/mol. The maximum absolute atomic E-state index is 12.0. The van der Waals surface area contributed by atoms with E-state index in [0.717, 1.165) is 54.8 Å². The molecule has 0 heterocycles. The number of nitriles is 1. The molecule has 0 N–H and O–H groups in total. The zero-order chi connectivity index (χ0) is 17.1. The Balaban J connectivity index is 1.43. The number of allylic oxidation sites excluding steroid dienone is 1. The summed E-state index contributed by atoms with van der Waals surface area (Å²) in [5.41, 5.74) is 1.76. The highest BCUT2D eigenvalue weighted by Crippen LogP contribution is 2.82. The second kappa shape index (κ2) is 4.41. The first-order valence-corrected chi connectivity index (χ1v) is 10.7. The van der Waals surface area contributed by atoms with E-state index in [2.05, 4.69) is 26.0 Å². The van der Waals surface area contributed by atoms with Gasteiger partial charge < -0.3 is 0 Å².